The van der Waals surface area contributed by atoms with Crippen LogP contribution in [0.3, 0.4) is 0 Å². The molecule has 1 aromatic carbocycles. The van der Waals surface area contributed by atoms with E-state index in [9.17, 15) is 9.18 Å². The van der Waals surface area contributed by atoms with Crippen LogP contribution in [0.25, 0.3) is 0 Å². The molecule has 1 fully saturated rings. The van der Waals surface area contributed by atoms with Crippen molar-refractivity contribution in [3.05, 3.63) is 42.0 Å². The Labute approximate surface area is 140 Å². The molecule has 0 bridgehead atoms. The average Bonchev–Trinajstić information content (AvgIpc) is 3.02. The molecule has 0 unspecified atom stereocenters. The van der Waals surface area contributed by atoms with Gasteiger partial charge in [-0.1, -0.05) is 12.1 Å². The highest BCUT2D eigenvalue weighted by atomic mass is 19.1. The normalized spacial score (nSPS) is 17.8. The van der Waals surface area contributed by atoms with E-state index in [0.717, 1.165) is 19.5 Å². The second kappa shape index (κ2) is 7.42. The SMILES string of the molecule is C[C@@H]1CCCN(C(=O)Cn2cc(COc3ccc(F)cc3)nn2)C1. The molecule has 1 aromatic heterocycles. The zero-order valence-electron chi connectivity index (χ0n) is 13.7. The third-order valence-electron chi connectivity index (χ3n) is 4.09. The first-order valence-corrected chi connectivity index (χ1v) is 8.15. The molecule has 1 atom stereocenters. The monoisotopic (exact) mass is 332 g/mol. The van der Waals surface area contributed by atoms with Gasteiger partial charge in [-0.2, -0.15) is 0 Å². The Hall–Kier alpha value is -2.44. The molecule has 0 spiro atoms. The van der Waals surface area contributed by atoms with Crippen molar-refractivity contribution in [2.75, 3.05) is 13.1 Å². The minimum absolute atomic E-state index is 0.0671. The molecular weight excluding hydrogens is 311 g/mol. The first kappa shape index (κ1) is 16.4. The van der Waals surface area contributed by atoms with Gasteiger partial charge in [0.25, 0.3) is 0 Å². The molecule has 1 saturated heterocycles. The largest absolute Gasteiger partial charge is 0.487 e. The summed E-state index contributed by atoms with van der Waals surface area (Å²) in [6.45, 7) is 4.21. The number of carbonyl (C=O) groups excluding carboxylic acids is 1. The molecule has 1 amide bonds. The van der Waals surface area contributed by atoms with Gasteiger partial charge < -0.3 is 9.64 Å². The number of rotatable bonds is 5. The van der Waals surface area contributed by atoms with E-state index in [-0.39, 0.29) is 24.9 Å². The lowest BCUT2D eigenvalue weighted by atomic mass is 10.0. The van der Waals surface area contributed by atoms with Crippen LogP contribution in [0.2, 0.25) is 0 Å². The van der Waals surface area contributed by atoms with Crippen LogP contribution in [-0.2, 0) is 17.9 Å². The smallest absolute Gasteiger partial charge is 0.244 e. The highest BCUT2D eigenvalue weighted by Crippen LogP contribution is 2.16. The van der Waals surface area contributed by atoms with Crippen molar-refractivity contribution in [2.24, 2.45) is 5.92 Å². The molecule has 128 valence electrons. The average molecular weight is 332 g/mol. The lowest BCUT2D eigenvalue weighted by Crippen LogP contribution is -2.40. The summed E-state index contributed by atoms with van der Waals surface area (Å²) in [7, 11) is 0. The third-order valence-corrected chi connectivity index (χ3v) is 4.09. The van der Waals surface area contributed by atoms with E-state index < -0.39 is 0 Å². The van der Waals surface area contributed by atoms with Crippen LogP contribution in [0.5, 0.6) is 5.75 Å². The maximum Gasteiger partial charge on any atom is 0.244 e. The van der Waals surface area contributed by atoms with Gasteiger partial charge in [-0.05, 0) is 43.0 Å². The maximum absolute atomic E-state index is 12.8. The summed E-state index contributed by atoms with van der Waals surface area (Å²) in [5.41, 5.74) is 0.624. The van der Waals surface area contributed by atoms with E-state index in [2.05, 4.69) is 17.2 Å². The Bertz CT molecular complexity index is 686. The number of hydrogen-bond acceptors (Lipinski definition) is 4. The fourth-order valence-electron chi connectivity index (χ4n) is 2.82. The number of amides is 1. The number of piperidine rings is 1. The van der Waals surface area contributed by atoms with Gasteiger partial charge in [0.15, 0.2) is 0 Å². The molecule has 2 heterocycles. The summed E-state index contributed by atoms with van der Waals surface area (Å²) in [4.78, 5) is 14.2. The minimum Gasteiger partial charge on any atom is -0.487 e. The second-order valence-electron chi connectivity index (χ2n) is 6.24. The van der Waals surface area contributed by atoms with Gasteiger partial charge in [-0.3, -0.25) is 4.79 Å². The predicted molar refractivity (Wildman–Crippen MR) is 85.7 cm³/mol. The maximum atomic E-state index is 12.8. The van der Waals surface area contributed by atoms with Gasteiger partial charge >= 0.3 is 0 Å². The molecule has 0 saturated carbocycles. The van der Waals surface area contributed by atoms with Crippen molar-refractivity contribution < 1.29 is 13.9 Å². The Morgan fingerprint density at radius 1 is 1.38 bits per heavy atom. The number of aromatic nitrogens is 3. The van der Waals surface area contributed by atoms with Gasteiger partial charge in [0.2, 0.25) is 5.91 Å². The molecule has 1 aliphatic heterocycles. The quantitative estimate of drug-likeness (QED) is 0.843. The van der Waals surface area contributed by atoms with E-state index in [1.165, 1.54) is 23.2 Å². The minimum atomic E-state index is -0.307. The molecule has 6 nitrogen and oxygen atoms in total. The van der Waals surface area contributed by atoms with Crippen molar-refractivity contribution in [3.63, 3.8) is 0 Å². The van der Waals surface area contributed by atoms with Crippen LogP contribution >= 0.6 is 0 Å². The molecule has 7 heteroatoms. The zero-order valence-corrected chi connectivity index (χ0v) is 13.7. The lowest BCUT2D eigenvalue weighted by Gasteiger charge is -2.30. The number of nitrogens with zero attached hydrogens (tertiary/aromatic N) is 4. The molecule has 2 aromatic rings. The number of likely N-dealkylation sites (tertiary alicyclic amines) is 1. The summed E-state index contributed by atoms with van der Waals surface area (Å²) < 4.78 is 19.9. The predicted octanol–water partition coefficient (Wildman–Crippen LogP) is 2.25. The molecule has 0 N–H and O–H groups in total. The highest BCUT2D eigenvalue weighted by molar-refractivity contribution is 5.76. The van der Waals surface area contributed by atoms with Crippen LogP contribution in [0.15, 0.2) is 30.5 Å². The van der Waals surface area contributed by atoms with E-state index in [0.29, 0.717) is 17.4 Å². The summed E-state index contributed by atoms with van der Waals surface area (Å²) in [5, 5.41) is 7.98. The summed E-state index contributed by atoms with van der Waals surface area (Å²) in [6, 6.07) is 5.79. The fraction of sp³-hybridized carbons (Fsp3) is 0.471. The summed E-state index contributed by atoms with van der Waals surface area (Å²) in [5.74, 6) is 0.874. The van der Waals surface area contributed by atoms with Crippen LogP contribution in [0.1, 0.15) is 25.5 Å². The number of halogens is 1. The van der Waals surface area contributed by atoms with E-state index >= 15 is 0 Å². The second-order valence-corrected chi connectivity index (χ2v) is 6.24. The number of carbonyl (C=O) groups is 1. The Kier molecular flexibility index (Phi) is 5.08. The Morgan fingerprint density at radius 2 is 2.17 bits per heavy atom. The van der Waals surface area contributed by atoms with Crippen LogP contribution < -0.4 is 4.74 Å². The summed E-state index contributed by atoms with van der Waals surface area (Å²) in [6.07, 6.45) is 3.94. The Morgan fingerprint density at radius 3 is 2.92 bits per heavy atom. The standard InChI is InChI=1S/C17H21FN4O2/c1-13-3-2-8-21(9-13)17(23)11-22-10-15(19-20-22)12-24-16-6-4-14(18)5-7-16/h4-7,10,13H,2-3,8-9,11-12H2,1H3/t13-/m1/s1. The van der Waals surface area contributed by atoms with Crippen LogP contribution in [0.4, 0.5) is 4.39 Å². The Balaban J connectivity index is 1.51. The van der Waals surface area contributed by atoms with Crippen molar-refractivity contribution in [2.45, 2.75) is 32.9 Å². The molecule has 0 aliphatic carbocycles. The number of ether oxygens (including phenoxy) is 1. The van der Waals surface area contributed by atoms with Gasteiger partial charge in [0, 0.05) is 13.1 Å². The van der Waals surface area contributed by atoms with Gasteiger partial charge in [0.1, 0.15) is 30.4 Å². The first-order valence-electron chi connectivity index (χ1n) is 8.15. The first-order chi connectivity index (χ1) is 11.6. The fourth-order valence-corrected chi connectivity index (χ4v) is 2.82. The molecule has 3 rings (SSSR count). The molecular formula is C17H21FN4O2. The van der Waals surface area contributed by atoms with E-state index in [1.807, 2.05) is 4.90 Å². The van der Waals surface area contributed by atoms with Gasteiger partial charge in [-0.15, -0.1) is 5.10 Å². The van der Waals surface area contributed by atoms with E-state index in [4.69, 9.17) is 4.74 Å². The number of benzene rings is 1. The summed E-state index contributed by atoms with van der Waals surface area (Å²) >= 11 is 0. The molecule has 24 heavy (non-hydrogen) atoms. The van der Waals surface area contributed by atoms with E-state index in [1.54, 1.807) is 18.3 Å². The van der Waals surface area contributed by atoms with Crippen LogP contribution in [0, 0.1) is 11.7 Å². The topological polar surface area (TPSA) is 60.2 Å². The lowest BCUT2D eigenvalue weighted by molar-refractivity contribution is -0.133. The van der Waals surface area contributed by atoms with Crippen molar-refractivity contribution in [1.82, 2.24) is 19.9 Å². The van der Waals surface area contributed by atoms with Crippen molar-refractivity contribution in [1.29, 1.82) is 0 Å². The molecule has 0 radical (unpaired) electrons. The third kappa shape index (κ3) is 4.31. The molecule has 1 aliphatic rings. The van der Waals surface area contributed by atoms with Crippen molar-refractivity contribution in [3.8, 4) is 5.75 Å². The zero-order chi connectivity index (χ0) is 16.9. The van der Waals surface area contributed by atoms with Crippen molar-refractivity contribution >= 4 is 5.91 Å². The highest BCUT2D eigenvalue weighted by Gasteiger charge is 2.21. The van der Waals surface area contributed by atoms with Gasteiger partial charge in [-0.25, -0.2) is 9.07 Å². The van der Waals surface area contributed by atoms with Gasteiger partial charge in [0.05, 0.1) is 6.20 Å². The number of hydrogen-bond donors (Lipinski definition) is 0. The van der Waals surface area contributed by atoms with Crippen LogP contribution in [-0.4, -0.2) is 38.9 Å².